The topological polar surface area (TPSA) is 77.8 Å². The molecule has 1 heterocycles. The molecule has 1 atom stereocenters. The highest BCUT2D eigenvalue weighted by Crippen LogP contribution is 2.35. The molecule has 0 radical (unpaired) electrons. The molecule has 0 aromatic heterocycles. The van der Waals surface area contributed by atoms with E-state index in [1.165, 1.54) is 11.0 Å². The number of piperidine rings is 1. The van der Waals surface area contributed by atoms with E-state index in [-0.39, 0.29) is 23.8 Å². The van der Waals surface area contributed by atoms with Crippen molar-refractivity contribution in [2.24, 2.45) is 5.41 Å². The predicted molar refractivity (Wildman–Crippen MR) is 81.3 cm³/mol. The second-order valence-corrected chi connectivity index (χ2v) is 6.35. The number of aromatic hydroxyl groups is 1. The molecular weight excluding hydrogens is 338 g/mol. The number of carbonyl (C=O) groups is 2. The van der Waals surface area contributed by atoms with Gasteiger partial charge in [-0.1, -0.05) is 22.9 Å². The van der Waals surface area contributed by atoms with Gasteiger partial charge in [-0.3, -0.25) is 9.59 Å². The molecule has 1 aliphatic rings. The maximum absolute atomic E-state index is 12.6. The number of phenols is 1. The summed E-state index contributed by atoms with van der Waals surface area (Å²) in [7, 11) is 0. The molecule has 2 rings (SSSR count). The fraction of sp³-hybridized carbons (Fsp3) is 0.467. The van der Waals surface area contributed by atoms with E-state index in [0.717, 1.165) is 0 Å². The fourth-order valence-corrected chi connectivity index (χ4v) is 3.13. The van der Waals surface area contributed by atoms with Gasteiger partial charge in [-0.15, -0.1) is 0 Å². The molecule has 21 heavy (non-hydrogen) atoms. The highest BCUT2D eigenvalue weighted by atomic mass is 79.9. The number of phenolic OH excluding ortho intramolecular Hbond substituents is 1. The molecule has 0 aliphatic carbocycles. The largest absolute Gasteiger partial charge is 0.507 e. The summed E-state index contributed by atoms with van der Waals surface area (Å²) in [6.07, 6.45) is 1.71. The molecule has 0 spiro atoms. The van der Waals surface area contributed by atoms with Crippen molar-refractivity contribution in [3.05, 3.63) is 28.2 Å². The van der Waals surface area contributed by atoms with Crippen molar-refractivity contribution in [3.63, 3.8) is 0 Å². The van der Waals surface area contributed by atoms with Crippen LogP contribution in [0.15, 0.2) is 22.7 Å². The first-order valence-corrected chi connectivity index (χ1v) is 7.70. The number of hydrogen-bond acceptors (Lipinski definition) is 3. The van der Waals surface area contributed by atoms with Gasteiger partial charge in [-0.2, -0.15) is 0 Å². The Bertz CT molecular complexity index is 575. The van der Waals surface area contributed by atoms with Crippen LogP contribution in [-0.4, -0.2) is 40.1 Å². The van der Waals surface area contributed by atoms with Gasteiger partial charge in [0, 0.05) is 17.6 Å². The van der Waals surface area contributed by atoms with E-state index in [2.05, 4.69) is 15.9 Å². The highest BCUT2D eigenvalue weighted by Gasteiger charge is 2.42. The van der Waals surface area contributed by atoms with Crippen molar-refractivity contribution in [1.29, 1.82) is 0 Å². The smallest absolute Gasteiger partial charge is 0.311 e. The van der Waals surface area contributed by atoms with Crippen molar-refractivity contribution in [3.8, 4) is 5.75 Å². The molecule has 1 aliphatic heterocycles. The van der Waals surface area contributed by atoms with Gasteiger partial charge in [0.1, 0.15) is 5.75 Å². The molecule has 1 aromatic rings. The first-order valence-electron chi connectivity index (χ1n) is 6.91. The summed E-state index contributed by atoms with van der Waals surface area (Å²) in [6, 6.07) is 4.65. The zero-order valence-corrected chi connectivity index (χ0v) is 13.4. The van der Waals surface area contributed by atoms with Crippen LogP contribution in [0.2, 0.25) is 0 Å². The van der Waals surface area contributed by atoms with Crippen LogP contribution in [0.4, 0.5) is 0 Å². The van der Waals surface area contributed by atoms with Crippen molar-refractivity contribution < 1.29 is 19.8 Å². The molecule has 1 aromatic carbocycles. The summed E-state index contributed by atoms with van der Waals surface area (Å²) in [4.78, 5) is 25.6. The van der Waals surface area contributed by atoms with E-state index in [0.29, 0.717) is 30.3 Å². The molecule has 1 amide bonds. The average molecular weight is 356 g/mol. The number of carboxylic acid groups (broad SMARTS) is 1. The number of nitrogens with zero attached hydrogens (tertiary/aromatic N) is 1. The molecule has 1 fully saturated rings. The SMILES string of the molecule is CCC1(C(=O)O)CCCN(C(=O)c2cc(Br)ccc2O)C1. The van der Waals surface area contributed by atoms with Gasteiger partial charge >= 0.3 is 5.97 Å². The minimum absolute atomic E-state index is 0.0915. The number of aliphatic carboxylic acids is 1. The molecule has 5 nitrogen and oxygen atoms in total. The summed E-state index contributed by atoms with van der Waals surface area (Å²) in [5.74, 6) is -1.28. The van der Waals surface area contributed by atoms with Crippen LogP contribution < -0.4 is 0 Å². The molecular formula is C15H18BrNO4. The molecule has 0 bridgehead atoms. The second kappa shape index (κ2) is 6.05. The number of halogens is 1. The number of carbonyl (C=O) groups excluding carboxylic acids is 1. The third-order valence-corrected chi connectivity index (χ3v) is 4.68. The Morgan fingerprint density at radius 2 is 2.14 bits per heavy atom. The van der Waals surface area contributed by atoms with Crippen LogP contribution in [-0.2, 0) is 4.79 Å². The minimum Gasteiger partial charge on any atom is -0.507 e. The van der Waals surface area contributed by atoms with Gasteiger partial charge < -0.3 is 15.1 Å². The van der Waals surface area contributed by atoms with Crippen molar-refractivity contribution in [1.82, 2.24) is 4.90 Å². The highest BCUT2D eigenvalue weighted by molar-refractivity contribution is 9.10. The van der Waals surface area contributed by atoms with Crippen LogP contribution in [0.1, 0.15) is 36.5 Å². The predicted octanol–water partition coefficient (Wildman–Crippen LogP) is 2.87. The zero-order valence-electron chi connectivity index (χ0n) is 11.8. The third-order valence-electron chi connectivity index (χ3n) is 4.18. The van der Waals surface area contributed by atoms with Gasteiger partial charge in [0.05, 0.1) is 11.0 Å². The molecule has 0 saturated carbocycles. The van der Waals surface area contributed by atoms with Crippen molar-refractivity contribution in [2.45, 2.75) is 26.2 Å². The van der Waals surface area contributed by atoms with Gasteiger partial charge in [-0.25, -0.2) is 0 Å². The lowest BCUT2D eigenvalue weighted by atomic mass is 9.77. The van der Waals surface area contributed by atoms with E-state index in [1.807, 2.05) is 6.92 Å². The number of likely N-dealkylation sites (tertiary alicyclic amines) is 1. The Balaban J connectivity index is 2.27. The van der Waals surface area contributed by atoms with Crippen LogP contribution in [0.25, 0.3) is 0 Å². The number of rotatable bonds is 3. The Kier molecular flexibility index (Phi) is 4.56. The first-order chi connectivity index (χ1) is 9.89. The van der Waals surface area contributed by atoms with Crippen LogP contribution >= 0.6 is 15.9 Å². The Morgan fingerprint density at radius 3 is 2.76 bits per heavy atom. The molecule has 2 N–H and O–H groups in total. The Hall–Kier alpha value is -1.56. The number of amides is 1. The minimum atomic E-state index is -0.879. The van der Waals surface area contributed by atoms with E-state index in [4.69, 9.17) is 0 Å². The van der Waals surface area contributed by atoms with Gasteiger partial charge in [0.15, 0.2) is 0 Å². The van der Waals surface area contributed by atoms with Gasteiger partial charge in [-0.05, 0) is 37.5 Å². The molecule has 6 heteroatoms. The lowest BCUT2D eigenvalue weighted by Crippen LogP contribution is -2.49. The molecule has 114 valence electrons. The van der Waals surface area contributed by atoms with Crippen LogP contribution in [0.5, 0.6) is 5.75 Å². The molecule has 1 unspecified atom stereocenters. The average Bonchev–Trinajstić information content (AvgIpc) is 2.48. The number of carboxylic acids is 1. The first kappa shape index (κ1) is 15.8. The van der Waals surface area contributed by atoms with E-state index in [9.17, 15) is 19.8 Å². The summed E-state index contributed by atoms with van der Waals surface area (Å²) >= 11 is 3.27. The lowest BCUT2D eigenvalue weighted by molar-refractivity contribution is -0.152. The third kappa shape index (κ3) is 3.05. The van der Waals surface area contributed by atoms with Crippen molar-refractivity contribution in [2.75, 3.05) is 13.1 Å². The standard InChI is InChI=1S/C15H18BrNO4/c1-2-15(14(20)21)6-3-7-17(9-15)13(19)11-8-10(16)4-5-12(11)18/h4-5,8,18H,2-3,6-7,9H2,1H3,(H,20,21). The molecule has 1 saturated heterocycles. The van der Waals surface area contributed by atoms with E-state index >= 15 is 0 Å². The van der Waals surface area contributed by atoms with E-state index < -0.39 is 11.4 Å². The normalized spacial score (nSPS) is 22.1. The van der Waals surface area contributed by atoms with Crippen LogP contribution in [0.3, 0.4) is 0 Å². The number of hydrogen-bond donors (Lipinski definition) is 2. The van der Waals surface area contributed by atoms with Crippen molar-refractivity contribution >= 4 is 27.8 Å². The summed E-state index contributed by atoms with van der Waals surface area (Å²) in [6.45, 7) is 2.53. The summed E-state index contributed by atoms with van der Waals surface area (Å²) in [5.41, 5.74) is -0.683. The monoisotopic (exact) mass is 355 g/mol. The quantitative estimate of drug-likeness (QED) is 0.873. The number of benzene rings is 1. The Labute approximate surface area is 131 Å². The zero-order chi connectivity index (χ0) is 15.6. The Morgan fingerprint density at radius 1 is 1.43 bits per heavy atom. The second-order valence-electron chi connectivity index (χ2n) is 5.43. The fourth-order valence-electron chi connectivity index (χ4n) is 2.77. The maximum atomic E-state index is 12.6. The van der Waals surface area contributed by atoms with E-state index in [1.54, 1.807) is 12.1 Å². The lowest BCUT2D eigenvalue weighted by Gasteiger charge is -2.39. The summed E-state index contributed by atoms with van der Waals surface area (Å²) < 4.78 is 0.695. The van der Waals surface area contributed by atoms with Gasteiger partial charge in [0.2, 0.25) is 0 Å². The maximum Gasteiger partial charge on any atom is 0.311 e. The van der Waals surface area contributed by atoms with Gasteiger partial charge in [0.25, 0.3) is 5.91 Å². The van der Waals surface area contributed by atoms with Crippen LogP contribution in [0, 0.1) is 5.41 Å². The summed E-state index contributed by atoms with van der Waals surface area (Å²) in [5, 5.41) is 19.3.